The van der Waals surface area contributed by atoms with Crippen molar-refractivity contribution >= 4 is 12.2 Å². The van der Waals surface area contributed by atoms with Gasteiger partial charge in [0.05, 0.1) is 12.2 Å². The Morgan fingerprint density at radius 3 is 2.64 bits per heavy atom. The van der Waals surface area contributed by atoms with E-state index in [1.807, 2.05) is 13.8 Å². The SMILES string of the molecule is C=Cn1cc[n+](C(C(=O)[O-])C(C)C)c1. The summed E-state index contributed by atoms with van der Waals surface area (Å²) in [7, 11) is 0. The number of hydrogen-bond donors (Lipinski definition) is 0. The van der Waals surface area contributed by atoms with Crippen LogP contribution in [0.25, 0.3) is 6.20 Å². The average Bonchev–Trinajstić information content (AvgIpc) is 2.51. The minimum Gasteiger partial charge on any atom is -0.546 e. The van der Waals surface area contributed by atoms with E-state index in [0.717, 1.165) is 0 Å². The third kappa shape index (κ3) is 2.02. The molecule has 14 heavy (non-hydrogen) atoms. The summed E-state index contributed by atoms with van der Waals surface area (Å²) in [6, 6.07) is -0.629. The van der Waals surface area contributed by atoms with Crippen molar-refractivity contribution in [3.63, 3.8) is 0 Å². The summed E-state index contributed by atoms with van der Waals surface area (Å²) < 4.78 is 3.31. The largest absolute Gasteiger partial charge is 0.546 e. The number of carboxylic acid groups (broad SMARTS) is 1. The van der Waals surface area contributed by atoms with E-state index in [4.69, 9.17) is 0 Å². The average molecular weight is 194 g/mol. The molecule has 1 aromatic heterocycles. The van der Waals surface area contributed by atoms with E-state index in [1.54, 1.807) is 34.1 Å². The molecule has 1 aromatic rings. The van der Waals surface area contributed by atoms with Gasteiger partial charge >= 0.3 is 0 Å². The van der Waals surface area contributed by atoms with Crippen LogP contribution in [0.1, 0.15) is 19.9 Å². The monoisotopic (exact) mass is 194 g/mol. The minimum absolute atomic E-state index is 0.00864. The van der Waals surface area contributed by atoms with Crippen LogP contribution in [0.4, 0.5) is 0 Å². The van der Waals surface area contributed by atoms with Crippen LogP contribution in [-0.4, -0.2) is 10.5 Å². The molecule has 0 radical (unpaired) electrons. The lowest BCUT2D eigenvalue weighted by molar-refractivity contribution is -0.721. The van der Waals surface area contributed by atoms with E-state index in [0.29, 0.717) is 0 Å². The molecule has 0 bridgehead atoms. The highest BCUT2D eigenvalue weighted by molar-refractivity contribution is 5.67. The molecule has 0 fully saturated rings. The number of carbonyl (C=O) groups excluding carboxylic acids is 1. The molecule has 0 saturated heterocycles. The standard InChI is InChI=1S/C10H14N2O2/c1-4-11-5-6-12(7-11)9(8(2)3)10(13)14/h4-9H,1H2,2-3H3. The Balaban J connectivity index is 2.99. The number of aromatic nitrogens is 2. The van der Waals surface area contributed by atoms with E-state index >= 15 is 0 Å². The summed E-state index contributed by atoms with van der Waals surface area (Å²) >= 11 is 0. The van der Waals surface area contributed by atoms with Crippen molar-refractivity contribution in [2.24, 2.45) is 5.92 Å². The van der Waals surface area contributed by atoms with Crippen molar-refractivity contribution in [3.05, 3.63) is 25.3 Å². The van der Waals surface area contributed by atoms with Gasteiger partial charge in [0.25, 0.3) is 0 Å². The molecule has 0 saturated carbocycles. The molecular formula is C10H14N2O2. The number of imidazole rings is 1. The second-order valence-corrected chi connectivity index (χ2v) is 3.50. The summed E-state index contributed by atoms with van der Waals surface area (Å²) in [5, 5.41) is 10.9. The second kappa shape index (κ2) is 4.09. The lowest BCUT2D eigenvalue weighted by atomic mass is 10.1. The van der Waals surface area contributed by atoms with E-state index in [-0.39, 0.29) is 5.92 Å². The molecular weight excluding hydrogens is 180 g/mol. The molecule has 0 aliphatic heterocycles. The molecule has 4 heteroatoms. The number of rotatable bonds is 4. The molecule has 0 N–H and O–H groups in total. The maximum absolute atomic E-state index is 10.9. The first kappa shape index (κ1) is 10.5. The zero-order valence-corrected chi connectivity index (χ0v) is 8.38. The van der Waals surface area contributed by atoms with Gasteiger partial charge < -0.3 is 9.90 Å². The summed E-state index contributed by atoms with van der Waals surface area (Å²) in [6.45, 7) is 7.27. The predicted octanol–water partition coefficient (Wildman–Crippen LogP) is -0.177. The molecule has 0 spiro atoms. The molecule has 0 aliphatic rings. The first-order chi connectivity index (χ1) is 6.56. The van der Waals surface area contributed by atoms with Gasteiger partial charge in [-0.15, -0.1) is 0 Å². The molecule has 76 valence electrons. The predicted molar refractivity (Wildman–Crippen MR) is 49.9 cm³/mol. The van der Waals surface area contributed by atoms with Gasteiger partial charge in [0.15, 0.2) is 0 Å². The third-order valence-electron chi connectivity index (χ3n) is 2.08. The van der Waals surface area contributed by atoms with Crippen LogP contribution in [0.5, 0.6) is 0 Å². The summed E-state index contributed by atoms with van der Waals surface area (Å²) in [5.74, 6) is -1.07. The van der Waals surface area contributed by atoms with Gasteiger partial charge in [-0.25, -0.2) is 9.13 Å². The first-order valence-corrected chi connectivity index (χ1v) is 4.48. The van der Waals surface area contributed by atoms with Gasteiger partial charge in [0.1, 0.15) is 18.4 Å². The molecule has 0 aromatic carbocycles. The Morgan fingerprint density at radius 2 is 2.29 bits per heavy atom. The van der Waals surface area contributed by atoms with Crippen molar-refractivity contribution < 1.29 is 14.5 Å². The highest BCUT2D eigenvalue weighted by atomic mass is 16.4. The fraction of sp³-hybridized carbons (Fsp3) is 0.400. The summed E-state index contributed by atoms with van der Waals surface area (Å²) in [5.41, 5.74) is 0. The highest BCUT2D eigenvalue weighted by Crippen LogP contribution is 2.09. The van der Waals surface area contributed by atoms with Gasteiger partial charge in [-0.2, -0.15) is 0 Å². The van der Waals surface area contributed by atoms with E-state index < -0.39 is 12.0 Å². The quantitative estimate of drug-likeness (QED) is 0.624. The van der Waals surface area contributed by atoms with Crippen LogP contribution in [0.2, 0.25) is 0 Å². The Hall–Kier alpha value is -1.58. The first-order valence-electron chi connectivity index (χ1n) is 4.48. The number of carbonyl (C=O) groups is 1. The minimum atomic E-state index is -1.06. The Morgan fingerprint density at radius 1 is 1.64 bits per heavy atom. The van der Waals surface area contributed by atoms with Crippen LogP contribution < -0.4 is 9.67 Å². The Labute approximate surface area is 83.1 Å². The van der Waals surface area contributed by atoms with Crippen LogP contribution in [0.3, 0.4) is 0 Å². The number of carboxylic acids is 1. The van der Waals surface area contributed by atoms with Gasteiger partial charge in [0, 0.05) is 0 Å². The molecule has 1 atom stereocenters. The topological polar surface area (TPSA) is 48.9 Å². The van der Waals surface area contributed by atoms with Crippen molar-refractivity contribution in [1.29, 1.82) is 0 Å². The van der Waals surface area contributed by atoms with Crippen molar-refractivity contribution in [2.75, 3.05) is 0 Å². The van der Waals surface area contributed by atoms with Crippen LogP contribution in [-0.2, 0) is 4.79 Å². The molecule has 0 aliphatic carbocycles. The fourth-order valence-corrected chi connectivity index (χ4v) is 1.40. The molecule has 1 heterocycles. The molecule has 4 nitrogen and oxygen atoms in total. The van der Waals surface area contributed by atoms with Crippen LogP contribution in [0, 0.1) is 5.92 Å². The number of hydrogen-bond acceptors (Lipinski definition) is 2. The summed E-state index contributed by atoms with van der Waals surface area (Å²) in [6.07, 6.45) is 6.71. The van der Waals surface area contributed by atoms with Crippen molar-refractivity contribution in [2.45, 2.75) is 19.9 Å². The van der Waals surface area contributed by atoms with Crippen LogP contribution >= 0.6 is 0 Å². The molecule has 0 amide bonds. The normalized spacial score (nSPS) is 12.8. The van der Waals surface area contributed by atoms with Gasteiger partial charge in [-0.3, -0.25) is 0 Å². The van der Waals surface area contributed by atoms with E-state index in [1.165, 1.54) is 0 Å². The zero-order chi connectivity index (χ0) is 10.7. The number of aliphatic carboxylic acids is 1. The van der Waals surface area contributed by atoms with E-state index in [9.17, 15) is 9.90 Å². The lowest BCUT2D eigenvalue weighted by Crippen LogP contribution is -2.50. The van der Waals surface area contributed by atoms with Crippen molar-refractivity contribution in [1.82, 2.24) is 4.57 Å². The highest BCUT2D eigenvalue weighted by Gasteiger charge is 2.21. The number of nitrogens with zero attached hydrogens (tertiary/aromatic N) is 2. The molecule has 1 unspecified atom stereocenters. The molecule has 1 rings (SSSR count). The van der Waals surface area contributed by atoms with Crippen molar-refractivity contribution in [3.8, 4) is 0 Å². The summed E-state index contributed by atoms with van der Waals surface area (Å²) in [4.78, 5) is 10.9. The Kier molecular flexibility index (Phi) is 3.06. The Bertz CT molecular complexity index is 342. The fourth-order valence-electron chi connectivity index (χ4n) is 1.40. The van der Waals surface area contributed by atoms with Crippen LogP contribution in [0.15, 0.2) is 25.3 Å². The second-order valence-electron chi connectivity index (χ2n) is 3.50. The van der Waals surface area contributed by atoms with Gasteiger partial charge in [-0.05, 0) is 5.92 Å². The maximum atomic E-state index is 10.9. The lowest BCUT2D eigenvalue weighted by Gasteiger charge is -2.17. The maximum Gasteiger partial charge on any atom is 0.249 e. The third-order valence-corrected chi connectivity index (χ3v) is 2.08. The van der Waals surface area contributed by atoms with Gasteiger partial charge in [0.2, 0.25) is 6.33 Å². The van der Waals surface area contributed by atoms with E-state index in [2.05, 4.69) is 6.58 Å². The zero-order valence-electron chi connectivity index (χ0n) is 8.38. The smallest absolute Gasteiger partial charge is 0.249 e. The van der Waals surface area contributed by atoms with Gasteiger partial charge in [-0.1, -0.05) is 20.4 Å².